The summed E-state index contributed by atoms with van der Waals surface area (Å²) in [5, 5.41) is 1.63. The van der Waals surface area contributed by atoms with Gasteiger partial charge in [-0.05, 0) is 37.4 Å². The highest BCUT2D eigenvalue weighted by molar-refractivity contribution is 6.27. The van der Waals surface area contributed by atoms with Gasteiger partial charge in [0.25, 0.3) is 5.91 Å². The predicted molar refractivity (Wildman–Crippen MR) is 77.3 cm³/mol. The van der Waals surface area contributed by atoms with Crippen molar-refractivity contribution >= 4 is 28.3 Å². The van der Waals surface area contributed by atoms with Crippen molar-refractivity contribution in [1.29, 1.82) is 0 Å². The summed E-state index contributed by atoms with van der Waals surface area (Å²) in [6, 6.07) is 9.04. The maximum Gasteiger partial charge on any atom is 0.338 e. The first-order valence-corrected chi connectivity index (χ1v) is 6.73. The minimum Gasteiger partial charge on any atom is -0.462 e. The molecule has 3 rings (SSSR count). The van der Waals surface area contributed by atoms with Gasteiger partial charge in [0.1, 0.15) is 0 Å². The van der Waals surface area contributed by atoms with Gasteiger partial charge in [0.15, 0.2) is 0 Å². The first-order chi connectivity index (χ1) is 9.69. The Morgan fingerprint density at radius 1 is 1.20 bits per heavy atom. The Balaban J connectivity index is 2.28. The number of carbonyl (C=O) groups is 2. The van der Waals surface area contributed by atoms with Gasteiger partial charge in [-0.3, -0.25) is 4.79 Å². The van der Waals surface area contributed by atoms with Crippen molar-refractivity contribution < 1.29 is 14.3 Å². The van der Waals surface area contributed by atoms with Crippen molar-refractivity contribution in [2.24, 2.45) is 0 Å². The van der Waals surface area contributed by atoms with Crippen molar-refractivity contribution in [1.82, 2.24) is 0 Å². The first kappa shape index (κ1) is 12.7. The third kappa shape index (κ3) is 1.61. The monoisotopic (exact) mass is 269 g/mol. The summed E-state index contributed by atoms with van der Waals surface area (Å²) in [5.74, 6) is -0.354. The number of carbonyl (C=O) groups excluding carboxylic acids is 2. The summed E-state index contributed by atoms with van der Waals surface area (Å²) >= 11 is 0. The van der Waals surface area contributed by atoms with E-state index in [-0.39, 0.29) is 11.9 Å². The van der Waals surface area contributed by atoms with Gasteiger partial charge in [0.05, 0.1) is 17.9 Å². The molecule has 0 radical (unpaired) electrons. The SMILES string of the molecule is CCOC(=O)c1ccc2c3c(cccc13)N(CC)C2=O. The molecule has 2 aromatic carbocycles. The molecule has 20 heavy (non-hydrogen) atoms. The lowest BCUT2D eigenvalue weighted by Crippen LogP contribution is -2.25. The second kappa shape index (κ2) is 4.63. The van der Waals surface area contributed by atoms with Crippen LogP contribution in [0.3, 0.4) is 0 Å². The molecular formula is C16H15NO3. The zero-order chi connectivity index (χ0) is 14.3. The molecule has 4 nitrogen and oxygen atoms in total. The normalized spacial score (nSPS) is 13.1. The van der Waals surface area contributed by atoms with Crippen LogP contribution in [0.25, 0.3) is 10.8 Å². The number of benzene rings is 2. The van der Waals surface area contributed by atoms with Gasteiger partial charge in [0.2, 0.25) is 0 Å². The topological polar surface area (TPSA) is 46.6 Å². The van der Waals surface area contributed by atoms with Gasteiger partial charge in [-0.2, -0.15) is 0 Å². The summed E-state index contributed by atoms with van der Waals surface area (Å²) < 4.78 is 5.08. The lowest BCUT2D eigenvalue weighted by Gasteiger charge is -2.14. The first-order valence-electron chi connectivity index (χ1n) is 6.73. The van der Waals surface area contributed by atoms with E-state index in [0.29, 0.717) is 24.3 Å². The highest BCUT2D eigenvalue weighted by Gasteiger charge is 2.30. The number of hydrogen-bond acceptors (Lipinski definition) is 3. The van der Waals surface area contributed by atoms with Crippen molar-refractivity contribution in [3.8, 4) is 0 Å². The van der Waals surface area contributed by atoms with E-state index in [2.05, 4.69) is 0 Å². The van der Waals surface area contributed by atoms with Gasteiger partial charge in [-0.1, -0.05) is 12.1 Å². The fraction of sp³-hybridized carbons (Fsp3) is 0.250. The van der Waals surface area contributed by atoms with Crippen LogP contribution in [0.4, 0.5) is 5.69 Å². The summed E-state index contributed by atoms with van der Waals surface area (Å²) in [6.07, 6.45) is 0. The van der Waals surface area contributed by atoms with Crippen LogP contribution in [0, 0.1) is 0 Å². The summed E-state index contributed by atoms with van der Waals surface area (Å²) in [4.78, 5) is 26.1. The van der Waals surface area contributed by atoms with Gasteiger partial charge in [-0.15, -0.1) is 0 Å². The van der Waals surface area contributed by atoms with Crippen molar-refractivity contribution in [2.75, 3.05) is 18.1 Å². The Labute approximate surface area is 116 Å². The third-order valence-corrected chi connectivity index (χ3v) is 3.60. The van der Waals surface area contributed by atoms with Crippen LogP contribution in [0.15, 0.2) is 30.3 Å². The van der Waals surface area contributed by atoms with E-state index >= 15 is 0 Å². The molecule has 0 spiro atoms. The van der Waals surface area contributed by atoms with Gasteiger partial charge in [-0.25, -0.2) is 4.79 Å². The van der Waals surface area contributed by atoms with Gasteiger partial charge in [0, 0.05) is 17.5 Å². The van der Waals surface area contributed by atoms with Crippen LogP contribution < -0.4 is 4.90 Å². The molecule has 0 N–H and O–H groups in total. The molecule has 0 aliphatic carbocycles. The molecule has 1 aliphatic rings. The summed E-state index contributed by atoms with van der Waals surface area (Å²) in [7, 11) is 0. The largest absolute Gasteiger partial charge is 0.462 e. The molecule has 0 unspecified atom stereocenters. The van der Waals surface area contributed by atoms with Crippen LogP contribution in [0.1, 0.15) is 34.6 Å². The zero-order valence-electron chi connectivity index (χ0n) is 11.5. The van der Waals surface area contributed by atoms with Crippen molar-refractivity contribution in [3.05, 3.63) is 41.5 Å². The maximum absolute atomic E-state index is 12.3. The van der Waals surface area contributed by atoms with E-state index in [0.717, 1.165) is 16.5 Å². The van der Waals surface area contributed by atoms with Crippen LogP contribution in [-0.4, -0.2) is 25.0 Å². The quantitative estimate of drug-likeness (QED) is 0.805. The third-order valence-electron chi connectivity index (χ3n) is 3.60. The molecule has 1 heterocycles. The number of rotatable bonds is 3. The van der Waals surface area contributed by atoms with Crippen molar-refractivity contribution in [3.63, 3.8) is 0 Å². The Hall–Kier alpha value is -2.36. The molecule has 0 saturated carbocycles. The molecule has 102 valence electrons. The van der Waals surface area contributed by atoms with E-state index in [1.807, 2.05) is 25.1 Å². The minimum atomic E-state index is -0.349. The molecule has 0 bridgehead atoms. The molecule has 2 aromatic rings. The number of hydrogen-bond donors (Lipinski definition) is 0. The Morgan fingerprint density at radius 2 is 2.00 bits per heavy atom. The number of amides is 1. The lowest BCUT2D eigenvalue weighted by molar-refractivity contribution is 0.0528. The number of esters is 1. The second-order valence-electron chi connectivity index (χ2n) is 4.63. The standard InChI is InChI=1S/C16H15NO3/c1-3-17-13-7-5-6-10-11(16(19)20-4-2)8-9-12(14(10)13)15(17)18/h5-9H,3-4H2,1-2H3. The molecule has 0 aromatic heterocycles. The van der Waals surface area contributed by atoms with E-state index in [9.17, 15) is 9.59 Å². The average Bonchev–Trinajstić information content (AvgIpc) is 2.74. The predicted octanol–water partition coefficient (Wildman–Crippen LogP) is 3.00. The van der Waals surface area contributed by atoms with Gasteiger partial charge < -0.3 is 9.64 Å². The van der Waals surface area contributed by atoms with Crippen LogP contribution >= 0.6 is 0 Å². The summed E-state index contributed by atoms with van der Waals surface area (Å²) in [5.41, 5.74) is 2.04. The lowest BCUT2D eigenvalue weighted by atomic mass is 10.0. The molecular weight excluding hydrogens is 254 g/mol. The highest BCUT2D eigenvalue weighted by Crippen LogP contribution is 2.38. The maximum atomic E-state index is 12.3. The number of anilines is 1. The molecule has 1 aliphatic heterocycles. The van der Waals surface area contributed by atoms with E-state index < -0.39 is 0 Å². The molecule has 1 amide bonds. The summed E-state index contributed by atoms with van der Waals surface area (Å²) in [6.45, 7) is 4.67. The highest BCUT2D eigenvalue weighted by atomic mass is 16.5. The average molecular weight is 269 g/mol. The zero-order valence-corrected chi connectivity index (χ0v) is 11.5. The van der Waals surface area contributed by atoms with Crippen molar-refractivity contribution in [2.45, 2.75) is 13.8 Å². The van der Waals surface area contributed by atoms with E-state index in [4.69, 9.17) is 4.74 Å². The molecule has 0 fully saturated rings. The fourth-order valence-electron chi connectivity index (χ4n) is 2.75. The second-order valence-corrected chi connectivity index (χ2v) is 4.63. The van der Waals surface area contributed by atoms with Crippen LogP contribution in [0.2, 0.25) is 0 Å². The molecule has 0 saturated heterocycles. The smallest absolute Gasteiger partial charge is 0.338 e. The van der Waals surface area contributed by atoms with E-state index in [1.54, 1.807) is 24.0 Å². The van der Waals surface area contributed by atoms with Gasteiger partial charge >= 0.3 is 5.97 Å². The van der Waals surface area contributed by atoms with Crippen LogP contribution in [-0.2, 0) is 4.74 Å². The molecule has 0 atom stereocenters. The number of nitrogens with zero attached hydrogens (tertiary/aromatic N) is 1. The molecule has 4 heteroatoms. The Kier molecular flexibility index (Phi) is 2.93. The van der Waals surface area contributed by atoms with E-state index in [1.165, 1.54) is 0 Å². The Bertz CT molecular complexity index is 721. The fourth-order valence-corrected chi connectivity index (χ4v) is 2.75. The Morgan fingerprint density at radius 3 is 2.70 bits per heavy atom. The van der Waals surface area contributed by atoms with Crippen LogP contribution in [0.5, 0.6) is 0 Å². The minimum absolute atomic E-state index is 0.00545. The number of ether oxygens (including phenoxy) is 1.